The van der Waals surface area contributed by atoms with Crippen LogP contribution in [0.25, 0.3) is 11.0 Å². The smallest absolute Gasteiger partial charge is 0.321 e. The van der Waals surface area contributed by atoms with E-state index in [1.54, 1.807) is 0 Å². The Balaban J connectivity index is 1.27. The Morgan fingerprint density at radius 3 is 2.62 bits per heavy atom. The third-order valence-corrected chi connectivity index (χ3v) is 6.01. The van der Waals surface area contributed by atoms with Gasteiger partial charge >= 0.3 is 5.97 Å². The second kappa shape index (κ2) is 8.89. The first-order chi connectivity index (χ1) is 15.7. The highest BCUT2D eigenvalue weighted by molar-refractivity contribution is 5.77. The van der Waals surface area contributed by atoms with Crippen molar-refractivity contribution in [3.05, 3.63) is 101 Å². The molecular formula is C27H25NO4. The van der Waals surface area contributed by atoms with Gasteiger partial charge in [0.15, 0.2) is 0 Å². The van der Waals surface area contributed by atoms with Crippen LogP contribution < -0.4 is 4.74 Å². The molecule has 0 unspecified atom stereocenters. The number of carboxylic acids is 1. The zero-order valence-corrected chi connectivity index (χ0v) is 17.7. The van der Waals surface area contributed by atoms with E-state index in [0.29, 0.717) is 32.5 Å². The highest BCUT2D eigenvalue weighted by Crippen LogP contribution is 2.29. The molecule has 5 nitrogen and oxygen atoms in total. The topological polar surface area (TPSA) is 62.9 Å². The first kappa shape index (κ1) is 20.3. The number of furan rings is 1. The van der Waals surface area contributed by atoms with E-state index < -0.39 is 12.0 Å². The number of benzene rings is 3. The minimum absolute atomic E-state index is 0.497. The average molecular weight is 428 g/mol. The SMILES string of the molecule is O=C(O)[C@@H]1Cc2ccc(OCCc3cc4ccccc4o3)cc2CN1Cc1ccccc1. The number of carboxylic acid groups (broad SMARTS) is 1. The molecule has 0 bridgehead atoms. The Hall–Kier alpha value is -3.57. The van der Waals surface area contributed by atoms with Crippen molar-refractivity contribution < 1.29 is 19.1 Å². The van der Waals surface area contributed by atoms with E-state index in [9.17, 15) is 9.90 Å². The van der Waals surface area contributed by atoms with Crippen molar-refractivity contribution in [1.29, 1.82) is 0 Å². The van der Waals surface area contributed by atoms with Gasteiger partial charge in [0.2, 0.25) is 0 Å². The fraction of sp³-hybridized carbons (Fsp3) is 0.222. The number of para-hydroxylation sites is 1. The lowest BCUT2D eigenvalue weighted by Gasteiger charge is -2.34. The van der Waals surface area contributed by atoms with Crippen molar-refractivity contribution in [2.75, 3.05) is 6.61 Å². The molecule has 0 fully saturated rings. The maximum atomic E-state index is 11.9. The van der Waals surface area contributed by atoms with Crippen LogP contribution >= 0.6 is 0 Å². The minimum Gasteiger partial charge on any atom is -0.493 e. The van der Waals surface area contributed by atoms with Gasteiger partial charge < -0.3 is 14.3 Å². The van der Waals surface area contributed by atoms with Gasteiger partial charge in [-0.3, -0.25) is 9.69 Å². The van der Waals surface area contributed by atoms with Crippen LogP contribution in [0.3, 0.4) is 0 Å². The third-order valence-electron chi connectivity index (χ3n) is 6.01. The maximum absolute atomic E-state index is 11.9. The molecule has 2 heterocycles. The molecule has 0 saturated carbocycles. The Morgan fingerprint density at radius 2 is 1.81 bits per heavy atom. The number of aliphatic carboxylic acids is 1. The molecule has 1 aliphatic rings. The van der Waals surface area contributed by atoms with Crippen molar-refractivity contribution in [3.8, 4) is 5.75 Å². The Bertz CT molecular complexity index is 1200. The quantitative estimate of drug-likeness (QED) is 0.446. The fourth-order valence-electron chi connectivity index (χ4n) is 4.36. The normalized spacial score (nSPS) is 16.1. The Labute approximate surface area is 186 Å². The van der Waals surface area contributed by atoms with Gasteiger partial charge in [0.1, 0.15) is 23.1 Å². The van der Waals surface area contributed by atoms with E-state index in [-0.39, 0.29) is 0 Å². The molecule has 1 atom stereocenters. The molecule has 3 aromatic carbocycles. The monoisotopic (exact) mass is 427 g/mol. The van der Waals surface area contributed by atoms with Crippen LogP contribution in [0.5, 0.6) is 5.75 Å². The van der Waals surface area contributed by atoms with E-state index in [1.807, 2.05) is 77.7 Å². The van der Waals surface area contributed by atoms with Gasteiger partial charge in [-0.1, -0.05) is 54.6 Å². The van der Waals surface area contributed by atoms with Crippen LogP contribution in [0.1, 0.15) is 22.5 Å². The molecule has 5 rings (SSSR count). The molecule has 1 aliphatic heterocycles. The lowest BCUT2D eigenvalue weighted by molar-refractivity contribution is -0.144. The zero-order valence-electron chi connectivity index (χ0n) is 17.7. The van der Waals surface area contributed by atoms with Crippen molar-refractivity contribution in [2.45, 2.75) is 32.0 Å². The van der Waals surface area contributed by atoms with Crippen LogP contribution in [0.4, 0.5) is 0 Å². The molecule has 0 saturated heterocycles. The third kappa shape index (κ3) is 4.39. The standard InChI is InChI=1S/C27H25NO4/c29-27(30)25-16-20-10-11-23(15-22(20)18-28(25)17-19-6-2-1-3-7-19)31-13-12-24-14-21-8-4-5-9-26(21)32-24/h1-11,14-15,25H,12-13,16-18H2,(H,29,30)/t25-/m0/s1. The van der Waals surface area contributed by atoms with E-state index in [4.69, 9.17) is 9.15 Å². The van der Waals surface area contributed by atoms with Gasteiger partial charge in [-0.15, -0.1) is 0 Å². The first-order valence-corrected chi connectivity index (χ1v) is 10.9. The van der Waals surface area contributed by atoms with Crippen LogP contribution in [-0.2, 0) is 30.7 Å². The number of ether oxygens (including phenoxy) is 1. The number of rotatable bonds is 7. The van der Waals surface area contributed by atoms with Crippen LogP contribution in [0.15, 0.2) is 83.3 Å². The molecule has 0 spiro atoms. The summed E-state index contributed by atoms with van der Waals surface area (Å²) in [6.07, 6.45) is 1.18. The highest BCUT2D eigenvalue weighted by atomic mass is 16.5. The first-order valence-electron chi connectivity index (χ1n) is 10.9. The molecule has 4 aromatic rings. The largest absolute Gasteiger partial charge is 0.493 e. The summed E-state index contributed by atoms with van der Waals surface area (Å²) < 4.78 is 11.9. The summed E-state index contributed by atoms with van der Waals surface area (Å²) in [6.45, 7) is 1.71. The average Bonchev–Trinajstić information content (AvgIpc) is 3.22. The Kier molecular flexibility index (Phi) is 5.65. The maximum Gasteiger partial charge on any atom is 0.321 e. The molecule has 32 heavy (non-hydrogen) atoms. The highest BCUT2D eigenvalue weighted by Gasteiger charge is 2.31. The summed E-state index contributed by atoms with van der Waals surface area (Å²) in [6, 6.07) is 25.5. The second-order valence-electron chi connectivity index (χ2n) is 8.23. The molecule has 1 aromatic heterocycles. The van der Waals surface area contributed by atoms with Gasteiger partial charge in [-0.05, 0) is 47.4 Å². The molecule has 0 aliphatic carbocycles. The number of nitrogens with zero attached hydrogens (tertiary/aromatic N) is 1. The summed E-state index contributed by atoms with van der Waals surface area (Å²) in [4.78, 5) is 13.9. The zero-order chi connectivity index (χ0) is 21.9. The van der Waals surface area contributed by atoms with Gasteiger partial charge in [0.05, 0.1) is 6.61 Å². The van der Waals surface area contributed by atoms with Crippen molar-refractivity contribution in [2.24, 2.45) is 0 Å². The molecule has 0 radical (unpaired) electrons. The van der Waals surface area contributed by atoms with Crippen LogP contribution in [0.2, 0.25) is 0 Å². The predicted octanol–water partition coefficient (Wildman–Crippen LogP) is 5.07. The van der Waals surface area contributed by atoms with Gasteiger partial charge in [0, 0.05) is 24.9 Å². The molecule has 0 amide bonds. The van der Waals surface area contributed by atoms with E-state index >= 15 is 0 Å². The summed E-state index contributed by atoms with van der Waals surface area (Å²) in [5.74, 6) is 0.925. The fourth-order valence-corrected chi connectivity index (χ4v) is 4.36. The van der Waals surface area contributed by atoms with Crippen molar-refractivity contribution >= 4 is 16.9 Å². The molecular weight excluding hydrogens is 402 g/mol. The summed E-state index contributed by atoms with van der Waals surface area (Å²) >= 11 is 0. The summed E-state index contributed by atoms with van der Waals surface area (Å²) in [5, 5.41) is 10.9. The molecule has 5 heteroatoms. The van der Waals surface area contributed by atoms with Gasteiger partial charge in [-0.2, -0.15) is 0 Å². The number of hydrogen-bond donors (Lipinski definition) is 1. The number of hydrogen-bond acceptors (Lipinski definition) is 4. The van der Waals surface area contributed by atoms with E-state index in [0.717, 1.165) is 39.2 Å². The van der Waals surface area contributed by atoms with E-state index in [1.165, 1.54) is 0 Å². The van der Waals surface area contributed by atoms with E-state index in [2.05, 4.69) is 6.07 Å². The predicted molar refractivity (Wildman–Crippen MR) is 123 cm³/mol. The van der Waals surface area contributed by atoms with Crippen LogP contribution in [-0.4, -0.2) is 28.6 Å². The summed E-state index contributed by atoms with van der Waals surface area (Å²) in [7, 11) is 0. The summed E-state index contributed by atoms with van der Waals surface area (Å²) in [5.41, 5.74) is 4.20. The number of fused-ring (bicyclic) bond motifs is 2. The van der Waals surface area contributed by atoms with Gasteiger partial charge in [-0.25, -0.2) is 0 Å². The minimum atomic E-state index is -0.780. The number of carbonyl (C=O) groups is 1. The van der Waals surface area contributed by atoms with Crippen LogP contribution in [0, 0.1) is 0 Å². The molecule has 162 valence electrons. The lowest BCUT2D eigenvalue weighted by atomic mass is 9.93. The van der Waals surface area contributed by atoms with Crippen molar-refractivity contribution in [1.82, 2.24) is 4.90 Å². The van der Waals surface area contributed by atoms with Crippen molar-refractivity contribution in [3.63, 3.8) is 0 Å². The Morgan fingerprint density at radius 1 is 1.00 bits per heavy atom. The van der Waals surface area contributed by atoms with Gasteiger partial charge in [0.25, 0.3) is 0 Å². The second-order valence-corrected chi connectivity index (χ2v) is 8.23. The molecule has 1 N–H and O–H groups in total. The lowest BCUT2D eigenvalue weighted by Crippen LogP contribution is -2.45.